The van der Waals surface area contributed by atoms with Gasteiger partial charge in [-0.15, -0.1) is 0 Å². The summed E-state index contributed by atoms with van der Waals surface area (Å²) in [6.45, 7) is 4.19. The van der Waals surface area contributed by atoms with Crippen LogP contribution in [0.1, 0.15) is 48.5 Å². The molecule has 140 valence electrons. The van der Waals surface area contributed by atoms with E-state index in [4.69, 9.17) is 4.74 Å². The van der Waals surface area contributed by atoms with Crippen LogP contribution in [0.5, 0.6) is 5.75 Å². The molecule has 1 aliphatic rings. The molecule has 2 aromatic carbocycles. The van der Waals surface area contributed by atoms with E-state index in [2.05, 4.69) is 24.5 Å². The Morgan fingerprint density at radius 2 is 1.85 bits per heavy atom. The molecule has 2 aromatic rings. The van der Waals surface area contributed by atoms with E-state index in [-0.39, 0.29) is 37.0 Å². The largest absolute Gasteiger partial charge is 0.482 e. The number of nitrogens with one attached hydrogen (secondary N) is 2. The van der Waals surface area contributed by atoms with Gasteiger partial charge in [-0.05, 0) is 41.8 Å². The Bertz CT molecular complexity index is 872. The summed E-state index contributed by atoms with van der Waals surface area (Å²) >= 11 is 0. The van der Waals surface area contributed by atoms with Gasteiger partial charge in [-0.3, -0.25) is 14.4 Å². The highest BCUT2D eigenvalue weighted by molar-refractivity contribution is 6.02. The van der Waals surface area contributed by atoms with Gasteiger partial charge in [-0.1, -0.05) is 26.0 Å². The maximum atomic E-state index is 12.4. The smallest absolute Gasteiger partial charge is 0.262 e. The maximum absolute atomic E-state index is 12.4. The van der Waals surface area contributed by atoms with Crippen molar-refractivity contribution in [3.05, 3.63) is 53.6 Å². The number of carbonyl (C=O) groups is 3. The van der Waals surface area contributed by atoms with Crippen LogP contribution in [0, 0.1) is 0 Å². The van der Waals surface area contributed by atoms with Crippen LogP contribution in [0.15, 0.2) is 42.5 Å². The minimum absolute atomic E-state index is 0.0292. The summed E-state index contributed by atoms with van der Waals surface area (Å²) in [5.41, 5.74) is 2.83. The molecule has 2 N–H and O–H groups in total. The number of ether oxygens (including phenoxy) is 1. The van der Waals surface area contributed by atoms with Crippen molar-refractivity contribution in [3.8, 4) is 5.75 Å². The van der Waals surface area contributed by atoms with Crippen molar-refractivity contribution >= 4 is 29.0 Å². The number of carbonyl (C=O) groups excluding carboxylic acids is 3. The predicted molar refractivity (Wildman–Crippen MR) is 103 cm³/mol. The Labute approximate surface area is 157 Å². The molecule has 3 rings (SSSR count). The van der Waals surface area contributed by atoms with Crippen molar-refractivity contribution in [2.45, 2.75) is 32.6 Å². The lowest BCUT2D eigenvalue weighted by molar-refractivity contribution is -0.118. The highest BCUT2D eigenvalue weighted by atomic mass is 16.5. The van der Waals surface area contributed by atoms with E-state index < -0.39 is 0 Å². The molecule has 6 heteroatoms. The van der Waals surface area contributed by atoms with Crippen LogP contribution < -0.4 is 15.4 Å². The summed E-state index contributed by atoms with van der Waals surface area (Å²) in [7, 11) is 0. The number of amides is 2. The number of fused-ring (bicyclic) bond motifs is 1. The Balaban J connectivity index is 1.55. The van der Waals surface area contributed by atoms with Crippen LogP contribution in [-0.2, 0) is 9.59 Å². The molecule has 0 radical (unpaired) electrons. The second-order valence-electron chi connectivity index (χ2n) is 6.80. The highest BCUT2D eigenvalue weighted by Gasteiger charge is 2.18. The first-order valence-electron chi connectivity index (χ1n) is 8.92. The van der Waals surface area contributed by atoms with Gasteiger partial charge in [0.15, 0.2) is 12.4 Å². The lowest BCUT2D eigenvalue weighted by Crippen LogP contribution is -2.25. The Kier molecular flexibility index (Phi) is 5.54. The minimum Gasteiger partial charge on any atom is -0.482 e. The van der Waals surface area contributed by atoms with Crippen LogP contribution in [0.25, 0.3) is 0 Å². The second kappa shape index (κ2) is 8.03. The number of hydrogen-bond acceptors (Lipinski definition) is 4. The molecule has 0 saturated heterocycles. The van der Waals surface area contributed by atoms with E-state index in [1.165, 1.54) is 5.56 Å². The van der Waals surface area contributed by atoms with Gasteiger partial charge in [0.1, 0.15) is 5.75 Å². The molecule has 0 fully saturated rings. The van der Waals surface area contributed by atoms with Crippen molar-refractivity contribution in [2.75, 3.05) is 17.2 Å². The molecule has 0 unspecified atom stereocenters. The van der Waals surface area contributed by atoms with Crippen molar-refractivity contribution in [3.63, 3.8) is 0 Å². The fraction of sp³-hybridized carbons (Fsp3) is 0.286. The number of ketones is 1. The van der Waals surface area contributed by atoms with Crippen molar-refractivity contribution in [1.82, 2.24) is 0 Å². The van der Waals surface area contributed by atoms with Crippen molar-refractivity contribution in [1.29, 1.82) is 0 Å². The molecule has 6 nitrogen and oxygen atoms in total. The third kappa shape index (κ3) is 4.73. The molecule has 1 heterocycles. The Morgan fingerprint density at radius 1 is 1.11 bits per heavy atom. The Morgan fingerprint density at radius 3 is 2.56 bits per heavy atom. The summed E-state index contributed by atoms with van der Waals surface area (Å²) in [6, 6.07) is 12.6. The third-order valence-electron chi connectivity index (χ3n) is 4.37. The number of anilines is 2. The molecular formula is C21H22N2O4. The van der Waals surface area contributed by atoms with E-state index in [9.17, 15) is 14.4 Å². The maximum Gasteiger partial charge on any atom is 0.262 e. The number of Topliss-reactive ketones (excluding diaryl/α,β-unsaturated/α-hetero) is 1. The number of rotatable bonds is 6. The molecule has 0 aromatic heterocycles. The average Bonchev–Trinajstić information content (AvgIpc) is 2.66. The van der Waals surface area contributed by atoms with E-state index in [0.29, 0.717) is 28.6 Å². The van der Waals surface area contributed by atoms with Gasteiger partial charge >= 0.3 is 0 Å². The molecule has 0 saturated carbocycles. The molecular weight excluding hydrogens is 344 g/mol. The molecule has 2 amide bonds. The topological polar surface area (TPSA) is 84.5 Å². The van der Waals surface area contributed by atoms with Gasteiger partial charge in [0.25, 0.3) is 5.91 Å². The van der Waals surface area contributed by atoms with E-state index >= 15 is 0 Å². The SMILES string of the molecule is CC(C)c1ccc(NC(=O)CCC(=O)c2ccc3c(c2)NC(=O)CO3)cc1. The van der Waals surface area contributed by atoms with Crippen LogP contribution in [0.3, 0.4) is 0 Å². The minimum atomic E-state index is -0.255. The van der Waals surface area contributed by atoms with Gasteiger partial charge < -0.3 is 15.4 Å². The molecule has 0 spiro atoms. The van der Waals surface area contributed by atoms with Gasteiger partial charge in [0.2, 0.25) is 5.91 Å². The first kappa shape index (κ1) is 18.6. The lowest BCUT2D eigenvalue weighted by atomic mass is 10.0. The summed E-state index contributed by atoms with van der Waals surface area (Å²) < 4.78 is 5.27. The van der Waals surface area contributed by atoms with Crippen LogP contribution in [0.4, 0.5) is 11.4 Å². The molecule has 27 heavy (non-hydrogen) atoms. The standard InChI is InChI=1S/C21H22N2O4/c1-13(2)14-3-6-16(7-4-14)22-20(25)10-8-18(24)15-5-9-19-17(11-15)23-21(26)12-27-19/h3-7,9,11,13H,8,10,12H2,1-2H3,(H,22,25)(H,23,26). The van der Waals surface area contributed by atoms with Crippen molar-refractivity contribution in [2.24, 2.45) is 0 Å². The fourth-order valence-corrected chi connectivity index (χ4v) is 2.80. The van der Waals surface area contributed by atoms with Gasteiger partial charge in [0, 0.05) is 24.1 Å². The van der Waals surface area contributed by atoms with Crippen LogP contribution in [-0.4, -0.2) is 24.2 Å². The highest BCUT2D eigenvalue weighted by Crippen LogP contribution is 2.29. The summed E-state index contributed by atoms with van der Waals surface area (Å²) in [5.74, 6) is 0.334. The zero-order chi connectivity index (χ0) is 19.4. The van der Waals surface area contributed by atoms with Gasteiger partial charge in [-0.25, -0.2) is 0 Å². The van der Waals surface area contributed by atoms with Crippen LogP contribution in [0.2, 0.25) is 0 Å². The van der Waals surface area contributed by atoms with Crippen molar-refractivity contribution < 1.29 is 19.1 Å². The zero-order valence-corrected chi connectivity index (χ0v) is 15.4. The number of hydrogen-bond donors (Lipinski definition) is 2. The number of benzene rings is 2. The molecule has 0 aliphatic carbocycles. The van der Waals surface area contributed by atoms with E-state index in [1.54, 1.807) is 18.2 Å². The third-order valence-corrected chi connectivity index (χ3v) is 4.37. The fourth-order valence-electron chi connectivity index (χ4n) is 2.80. The molecule has 1 aliphatic heterocycles. The summed E-state index contributed by atoms with van der Waals surface area (Å²) in [6.07, 6.45) is 0.175. The second-order valence-corrected chi connectivity index (χ2v) is 6.80. The first-order chi connectivity index (χ1) is 12.9. The van der Waals surface area contributed by atoms with E-state index in [1.807, 2.05) is 24.3 Å². The van der Waals surface area contributed by atoms with Crippen LogP contribution >= 0.6 is 0 Å². The molecule has 0 atom stereocenters. The summed E-state index contributed by atoms with van der Waals surface area (Å²) in [5, 5.41) is 5.47. The zero-order valence-electron chi connectivity index (χ0n) is 15.4. The lowest BCUT2D eigenvalue weighted by Gasteiger charge is -2.18. The van der Waals surface area contributed by atoms with E-state index in [0.717, 1.165) is 0 Å². The monoisotopic (exact) mass is 366 g/mol. The first-order valence-corrected chi connectivity index (χ1v) is 8.92. The summed E-state index contributed by atoms with van der Waals surface area (Å²) in [4.78, 5) is 35.8. The average molecular weight is 366 g/mol. The normalized spacial score (nSPS) is 12.8. The molecule has 0 bridgehead atoms. The quantitative estimate of drug-likeness (QED) is 0.763. The van der Waals surface area contributed by atoms with Gasteiger partial charge in [0.05, 0.1) is 5.69 Å². The predicted octanol–water partition coefficient (Wildman–Crippen LogP) is 3.74. The Hall–Kier alpha value is -3.15. The van der Waals surface area contributed by atoms with Gasteiger partial charge in [-0.2, -0.15) is 0 Å².